The van der Waals surface area contributed by atoms with Crippen molar-refractivity contribution in [3.63, 3.8) is 0 Å². The molecule has 25 heavy (non-hydrogen) atoms. The number of carbonyl (C=O) groups is 3. The molecule has 0 saturated carbocycles. The molecule has 130 valence electrons. The minimum absolute atomic E-state index is 0.0842. The van der Waals surface area contributed by atoms with Gasteiger partial charge in [-0.15, -0.1) is 0 Å². The molecule has 3 amide bonds. The first-order valence-corrected chi connectivity index (χ1v) is 8.46. The molecule has 2 N–H and O–H groups in total. The summed E-state index contributed by atoms with van der Waals surface area (Å²) in [6, 6.07) is 12.1. The SMILES string of the molecule is CCOC(=O)C1(F)C(=O)NC(=O)NC1Sc1ccc2ccccc2c1. The van der Waals surface area contributed by atoms with Gasteiger partial charge in [0.1, 0.15) is 5.37 Å². The molecule has 1 aliphatic rings. The summed E-state index contributed by atoms with van der Waals surface area (Å²) in [6.07, 6.45) is 0. The van der Waals surface area contributed by atoms with Gasteiger partial charge in [-0.2, -0.15) is 0 Å². The van der Waals surface area contributed by atoms with Crippen LogP contribution in [0.15, 0.2) is 47.4 Å². The minimum Gasteiger partial charge on any atom is -0.463 e. The predicted octanol–water partition coefficient (Wildman–Crippen LogP) is 2.37. The van der Waals surface area contributed by atoms with Crippen molar-refractivity contribution < 1.29 is 23.5 Å². The van der Waals surface area contributed by atoms with E-state index in [1.165, 1.54) is 6.92 Å². The molecule has 1 aliphatic heterocycles. The Morgan fingerprint density at radius 1 is 1.24 bits per heavy atom. The number of fused-ring (bicyclic) bond motifs is 1. The van der Waals surface area contributed by atoms with Crippen LogP contribution in [-0.2, 0) is 14.3 Å². The molecule has 2 unspecified atom stereocenters. The summed E-state index contributed by atoms with van der Waals surface area (Å²) in [5.41, 5.74) is -3.01. The third kappa shape index (κ3) is 3.17. The lowest BCUT2D eigenvalue weighted by molar-refractivity contribution is -0.163. The molecule has 3 rings (SSSR count). The lowest BCUT2D eigenvalue weighted by Gasteiger charge is -2.34. The van der Waals surface area contributed by atoms with Gasteiger partial charge >= 0.3 is 17.7 Å². The zero-order valence-corrected chi connectivity index (χ0v) is 14.1. The highest BCUT2D eigenvalue weighted by Gasteiger charge is 2.59. The van der Waals surface area contributed by atoms with Gasteiger partial charge in [-0.25, -0.2) is 14.0 Å². The first-order valence-electron chi connectivity index (χ1n) is 7.58. The first-order chi connectivity index (χ1) is 11.9. The van der Waals surface area contributed by atoms with E-state index in [0.29, 0.717) is 4.90 Å². The van der Waals surface area contributed by atoms with Crippen LogP contribution in [0.5, 0.6) is 0 Å². The number of alkyl halides is 1. The zero-order chi connectivity index (χ0) is 18.0. The third-order valence-corrected chi connectivity index (χ3v) is 4.93. The van der Waals surface area contributed by atoms with E-state index in [-0.39, 0.29) is 6.61 Å². The molecule has 0 aliphatic carbocycles. The fourth-order valence-electron chi connectivity index (χ4n) is 2.49. The summed E-state index contributed by atoms with van der Waals surface area (Å²) in [5.74, 6) is -2.65. The van der Waals surface area contributed by atoms with Crippen molar-refractivity contribution in [1.29, 1.82) is 0 Å². The lowest BCUT2D eigenvalue weighted by Crippen LogP contribution is -2.69. The molecular weight excluding hydrogens is 347 g/mol. The fourth-order valence-corrected chi connectivity index (χ4v) is 3.64. The summed E-state index contributed by atoms with van der Waals surface area (Å²) in [6.45, 7) is 1.42. The Balaban J connectivity index is 1.94. The third-order valence-electron chi connectivity index (χ3n) is 3.73. The summed E-state index contributed by atoms with van der Waals surface area (Å²) in [4.78, 5) is 36.2. The lowest BCUT2D eigenvalue weighted by atomic mass is 10.0. The van der Waals surface area contributed by atoms with Crippen molar-refractivity contribution in [3.05, 3.63) is 42.5 Å². The number of ether oxygens (including phenoxy) is 1. The van der Waals surface area contributed by atoms with E-state index < -0.39 is 29.0 Å². The Morgan fingerprint density at radius 2 is 1.96 bits per heavy atom. The minimum atomic E-state index is -3.01. The van der Waals surface area contributed by atoms with Gasteiger partial charge in [-0.3, -0.25) is 10.1 Å². The fraction of sp³-hybridized carbons (Fsp3) is 0.235. The van der Waals surface area contributed by atoms with Crippen LogP contribution in [0.3, 0.4) is 0 Å². The normalized spacial score (nSPS) is 23.0. The van der Waals surface area contributed by atoms with Gasteiger partial charge in [0.2, 0.25) is 0 Å². The second-order valence-corrected chi connectivity index (χ2v) is 6.55. The first kappa shape index (κ1) is 17.2. The number of urea groups is 1. The Hall–Kier alpha value is -2.61. The highest BCUT2D eigenvalue weighted by atomic mass is 32.2. The highest BCUT2D eigenvalue weighted by Crippen LogP contribution is 2.35. The second-order valence-electron chi connectivity index (χ2n) is 5.37. The molecule has 1 fully saturated rings. The monoisotopic (exact) mass is 362 g/mol. The number of benzene rings is 2. The molecule has 0 spiro atoms. The van der Waals surface area contributed by atoms with Crippen molar-refractivity contribution >= 4 is 40.4 Å². The standard InChI is InChI=1S/C17H15FN2O4S/c1-2-24-15(22)17(18)13(21)19-16(23)20-14(17)25-12-8-7-10-5-3-4-6-11(10)9-12/h3-9,14H,2H2,1H3,(H2,19,20,21,23). The van der Waals surface area contributed by atoms with E-state index >= 15 is 4.39 Å². The second kappa shape index (κ2) is 6.72. The number of carbonyl (C=O) groups excluding carboxylic acids is 3. The van der Waals surface area contributed by atoms with Crippen LogP contribution >= 0.6 is 11.8 Å². The average Bonchev–Trinajstić information content (AvgIpc) is 2.59. The number of hydrogen-bond donors (Lipinski definition) is 2. The Kier molecular flexibility index (Phi) is 4.63. The van der Waals surface area contributed by atoms with E-state index in [9.17, 15) is 14.4 Å². The number of hydrogen-bond acceptors (Lipinski definition) is 5. The van der Waals surface area contributed by atoms with Crippen LogP contribution in [-0.4, -0.2) is 35.6 Å². The zero-order valence-electron chi connectivity index (χ0n) is 13.2. The van der Waals surface area contributed by atoms with Gasteiger partial charge < -0.3 is 10.1 Å². The molecule has 8 heteroatoms. The highest BCUT2D eigenvalue weighted by molar-refractivity contribution is 8.00. The smallest absolute Gasteiger partial charge is 0.357 e. The van der Waals surface area contributed by atoms with Crippen molar-refractivity contribution in [2.45, 2.75) is 22.9 Å². The molecule has 0 radical (unpaired) electrons. The van der Waals surface area contributed by atoms with Crippen LogP contribution in [0.25, 0.3) is 10.8 Å². The summed E-state index contributed by atoms with van der Waals surface area (Å²) >= 11 is 0.879. The van der Waals surface area contributed by atoms with E-state index in [1.807, 2.05) is 30.3 Å². The molecule has 1 saturated heterocycles. The van der Waals surface area contributed by atoms with Crippen LogP contribution in [0.4, 0.5) is 9.18 Å². The molecule has 0 aromatic heterocycles. The molecule has 2 aromatic carbocycles. The molecule has 2 atom stereocenters. The largest absolute Gasteiger partial charge is 0.463 e. The van der Waals surface area contributed by atoms with Gasteiger partial charge in [0.05, 0.1) is 6.61 Å². The molecule has 6 nitrogen and oxygen atoms in total. The van der Waals surface area contributed by atoms with Gasteiger partial charge in [0.25, 0.3) is 5.91 Å². The number of nitrogens with one attached hydrogen (secondary N) is 2. The number of imide groups is 1. The van der Waals surface area contributed by atoms with Gasteiger partial charge in [-0.1, -0.05) is 42.1 Å². The quantitative estimate of drug-likeness (QED) is 0.644. The molecular formula is C17H15FN2O4S. The Bertz CT molecular complexity index is 859. The van der Waals surface area contributed by atoms with Crippen molar-refractivity contribution in [1.82, 2.24) is 10.6 Å². The molecule has 2 aromatic rings. The maximum atomic E-state index is 15.3. The van der Waals surface area contributed by atoms with Gasteiger partial charge in [0, 0.05) is 4.90 Å². The van der Waals surface area contributed by atoms with Crippen molar-refractivity contribution in [3.8, 4) is 0 Å². The van der Waals surface area contributed by atoms with Crippen LogP contribution < -0.4 is 10.6 Å². The predicted molar refractivity (Wildman–Crippen MR) is 90.7 cm³/mol. The van der Waals surface area contributed by atoms with Crippen LogP contribution in [0.1, 0.15) is 6.92 Å². The number of rotatable bonds is 4. The molecule has 0 bridgehead atoms. The Labute approximate surface area is 147 Å². The maximum absolute atomic E-state index is 15.3. The number of amides is 3. The topological polar surface area (TPSA) is 84.5 Å². The average molecular weight is 362 g/mol. The number of esters is 1. The van der Waals surface area contributed by atoms with E-state index in [0.717, 1.165) is 22.5 Å². The summed E-state index contributed by atoms with van der Waals surface area (Å²) in [7, 11) is 0. The van der Waals surface area contributed by atoms with E-state index in [4.69, 9.17) is 0 Å². The van der Waals surface area contributed by atoms with Crippen molar-refractivity contribution in [2.24, 2.45) is 0 Å². The summed E-state index contributed by atoms with van der Waals surface area (Å²) in [5, 5.41) is 4.54. The Morgan fingerprint density at radius 3 is 2.68 bits per heavy atom. The van der Waals surface area contributed by atoms with E-state index in [1.54, 1.807) is 17.4 Å². The van der Waals surface area contributed by atoms with Crippen molar-refractivity contribution in [2.75, 3.05) is 6.61 Å². The van der Waals surface area contributed by atoms with Gasteiger partial charge in [-0.05, 0) is 29.8 Å². The van der Waals surface area contributed by atoms with Gasteiger partial charge in [0.15, 0.2) is 0 Å². The molecule has 1 heterocycles. The van der Waals surface area contributed by atoms with Crippen LogP contribution in [0.2, 0.25) is 0 Å². The maximum Gasteiger partial charge on any atom is 0.357 e. The summed E-state index contributed by atoms with van der Waals surface area (Å²) < 4.78 is 20.0. The number of thioether (sulfide) groups is 1. The van der Waals surface area contributed by atoms with Crippen LogP contribution in [0, 0.1) is 0 Å². The van der Waals surface area contributed by atoms with E-state index in [2.05, 4.69) is 10.1 Å². The number of halogens is 1.